The van der Waals surface area contributed by atoms with Gasteiger partial charge in [-0.05, 0) is 37.5 Å². The molecular formula is C22H35NO4. The summed E-state index contributed by atoms with van der Waals surface area (Å²) in [6.45, 7) is 2.21. The minimum absolute atomic E-state index is 0.272. The van der Waals surface area contributed by atoms with Crippen LogP contribution in [0.4, 0.5) is 0 Å². The standard InChI is InChI=1S/C22H35NO4/c1-3-4-5-6-7-8-12-19(24)17-16-18-11-9-13-20(23-18)21(25)14-10-15-22(26)27-2/h9,11,13,16-17,19,21,24-25H,3-8,10,12,14-15H2,1-2H3. The number of unbranched alkanes of at least 4 members (excludes halogenated alkanes) is 5. The second kappa shape index (κ2) is 14.4. The van der Waals surface area contributed by atoms with Crippen molar-refractivity contribution in [2.24, 2.45) is 0 Å². The Bertz CT molecular complexity index is 559. The van der Waals surface area contributed by atoms with E-state index >= 15 is 0 Å². The number of nitrogens with zero attached hydrogens (tertiary/aromatic N) is 1. The Hall–Kier alpha value is -1.72. The second-order valence-corrected chi connectivity index (χ2v) is 6.95. The Morgan fingerprint density at radius 1 is 1.11 bits per heavy atom. The quantitative estimate of drug-likeness (QED) is 0.366. The van der Waals surface area contributed by atoms with Gasteiger partial charge in [0.05, 0.1) is 30.7 Å². The number of aromatic nitrogens is 1. The zero-order valence-electron chi connectivity index (χ0n) is 16.8. The van der Waals surface area contributed by atoms with Gasteiger partial charge in [0.2, 0.25) is 0 Å². The smallest absolute Gasteiger partial charge is 0.305 e. The maximum Gasteiger partial charge on any atom is 0.305 e. The molecule has 1 aromatic rings. The number of methoxy groups -OCH3 is 1. The summed E-state index contributed by atoms with van der Waals surface area (Å²) in [6.07, 6.45) is 11.7. The molecule has 0 aliphatic rings. The number of hydrogen-bond acceptors (Lipinski definition) is 5. The fraction of sp³-hybridized carbons (Fsp3) is 0.636. The molecule has 5 nitrogen and oxygen atoms in total. The molecular weight excluding hydrogens is 342 g/mol. The number of aliphatic hydroxyl groups is 2. The molecule has 2 atom stereocenters. The van der Waals surface area contributed by atoms with E-state index in [-0.39, 0.29) is 12.4 Å². The van der Waals surface area contributed by atoms with Crippen molar-refractivity contribution >= 4 is 12.0 Å². The molecule has 0 fully saturated rings. The number of pyridine rings is 1. The highest BCUT2D eigenvalue weighted by Crippen LogP contribution is 2.18. The van der Waals surface area contributed by atoms with Gasteiger partial charge in [0.25, 0.3) is 0 Å². The van der Waals surface area contributed by atoms with Crippen LogP contribution in [0.15, 0.2) is 24.3 Å². The summed E-state index contributed by atoms with van der Waals surface area (Å²) in [4.78, 5) is 15.5. The van der Waals surface area contributed by atoms with Crippen molar-refractivity contribution in [2.45, 2.75) is 83.3 Å². The van der Waals surface area contributed by atoms with E-state index in [1.165, 1.54) is 32.8 Å². The molecule has 0 saturated heterocycles. The lowest BCUT2D eigenvalue weighted by molar-refractivity contribution is -0.140. The number of rotatable bonds is 14. The minimum atomic E-state index is -0.712. The van der Waals surface area contributed by atoms with Crippen molar-refractivity contribution in [3.05, 3.63) is 35.7 Å². The van der Waals surface area contributed by atoms with Gasteiger partial charge in [-0.25, -0.2) is 0 Å². The lowest BCUT2D eigenvalue weighted by Crippen LogP contribution is -2.05. The van der Waals surface area contributed by atoms with Crippen LogP contribution in [0.2, 0.25) is 0 Å². The Kier molecular flexibility index (Phi) is 12.4. The molecule has 0 spiro atoms. The number of ether oxygens (including phenoxy) is 1. The van der Waals surface area contributed by atoms with Gasteiger partial charge in [-0.3, -0.25) is 9.78 Å². The summed E-state index contributed by atoms with van der Waals surface area (Å²) in [6, 6.07) is 5.46. The van der Waals surface area contributed by atoms with E-state index < -0.39 is 12.2 Å². The van der Waals surface area contributed by atoms with Gasteiger partial charge in [-0.1, -0.05) is 57.6 Å². The van der Waals surface area contributed by atoms with Crippen molar-refractivity contribution in [1.82, 2.24) is 4.98 Å². The van der Waals surface area contributed by atoms with Gasteiger partial charge in [0, 0.05) is 6.42 Å². The van der Waals surface area contributed by atoms with Crippen LogP contribution in [-0.2, 0) is 9.53 Å². The molecule has 1 aromatic heterocycles. The SMILES string of the molecule is CCCCCCCCC(O)C=Cc1cccc(C(O)CCCC(=O)OC)n1. The van der Waals surface area contributed by atoms with E-state index in [0.717, 1.165) is 19.3 Å². The van der Waals surface area contributed by atoms with Crippen LogP contribution in [0.1, 0.15) is 88.6 Å². The number of aliphatic hydroxyl groups excluding tert-OH is 2. The Morgan fingerprint density at radius 2 is 1.85 bits per heavy atom. The van der Waals surface area contributed by atoms with Gasteiger partial charge in [0.15, 0.2) is 0 Å². The van der Waals surface area contributed by atoms with Crippen LogP contribution in [0, 0.1) is 0 Å². The van der Waals surface area contributed by atoms with Gasteiger partial charge in [-0.15, -0.1) is 0 Å². The van der Waals surface area contributed by atoms with E-state index in [2.05, 4.69) is 16.6 Å². The largest absolute Gasteiger partial charge is 0.469 e. The highest BCUT2D eigenvalue weighted by molar-refractivity contribution is 5.68. The van der Waals surface area contributed by atoms with Crippen molar-refractivity contribution in [2.75, 3.05) is 7.11 Å². The Labute approximate surface area is 163 Å². The molecule has 5 heteroatoms. The molecule has 27 heavy (non-hydrogen) atoms. The minimum Gasteiger partial charge on any atom is -0.469 e. The first-order valence-corrected chi connectivity index (χ1v) is 10.1. The predicted molar refractivity (Wildman–Crippen MR) is 108 cm³/mol. The monoisotopic (exact) mass is 377 g/mol. The average Bonchev–Trinajstić information content (AvgIpc) is 2.69. The first kappa shape index (κ1) is 23.3. The molecule has 0 aliphatic heterocycles. The highest BCUT2D eigenvalue weighted by Gasteiger charge is 2.11. The first-order chi connectivity index (χ1) is 13.1. The number of carbonyl (C=O) groups excluding carboxylic acids is 1. The molecule has 1 rings (SSSR count). The maximum atomic E-state index is 11.1. The summed E-state index contributed by atoms with van der Waals surface area (Å²) in [7, 11) is 1.36. The van der Waals surface area contributed by atoms with Gasteiger partial charge < -0.3 is 14.9 Å². The molecule has 1 heterocycles. The maximum absolute atomic E-state index is 11.1. The predicted octanol–water partition coefficient (Wildman–Crippen LogP) is 4.58. The number of carbonyl (C=O) groups is 1. The third kappa shape index (κ3) is 10.9. The molecule has 2 N–H and O–H groups in total. The van der Waals surface area contributed by atoms with Gasteiger partial charge in [-0.2, -0.15) is 0 Å². The lowest BCUT2D eigenvalue weighted by atomic mass is 10.1. The highest BCUT2D eigenvalue weighted by atomic mass is 16.5. The fourth-order valence-electron chi connectivity index (χ4n) is 2.88. The third-order valence-corrected chi connectivity index (χ3v) is 4.56. The summed E-state index contributed by atoms with van der Waals surface area (Å²) < 4.78 is 4.59. The Balaban J connectivity index is 2.39. The zero-order valence-corrected chi connectivity index (χ0v) is 16.8. The average molecular weight is 378 g/mol. The number of esters is 1. The van der Waals surface area contributed by atoms with Crippen LogP contribution >= 0.6 is 0 Å². The van der Waals surface area contributed by atoms with Crippen LogP contribution in [-0.4, -0.2) is 34.4 Å². The van der Waals surface area contributed by atoms with Crippen LogP contribution in [0.5, 0.6) is 0 Å². The summed E-state index contributed by atoms with van der Waals surface area (Å²) >= 11 is 0. The Morgan fingerprint density at radius 3 is 2.59 bits per heavy atom. The lowest BCUT2D eigenvalue weighted by Gasteiger charge is -2.10. The molecule has 0 aromatic carbocycles. The van der Waals surface area contributed by atoms with Crippen LogP contribution in [0.3, 0.4) is 0 Å². The third-order valence-electron chi connectivity index (χ3n) is 4.56. The summed E-state index contributed by atoms with van der Waals surface area (Å²) in [5.74, 6) is -0.272. The molecule has 0 saturated carbocycles. The van der Waals surface area contributed by atoms with E-state index in [0.29, 0.717) is 24.2 Å². The normalized spacial score (nSPS) is 13.6. The summed E-state index contributed by atoms with van der Waals surface area (Å²) in [5, 5.41) is 20.3. The topological polar surface area (TPSA) is 79.7 Å². The molecule has 0 amide bonds. The van der Waals surface area contributed by atoms with Gasteiger partial charge in [0.1, 0.15) is 0 Å². The van der Waals surface area contributed by atoms with Gasteiger partial charge >= 0.3 is 5.97 Å². The van der Waals surface area contributed by atoms with Crippen molar-refractivity contribution < 1.29 is 19.7 Å². The van der Waals surface area contributed by atoms with E-state index in [9.17, 15) is 15.0 Å². The van der Waals surface area contributed by atoms with E-state index in [1.54, 1.807) is 18.2 Å². The van der Waals surface area contributed by atoms with Crippen molar-refractivity contribution in [3.63, 3.8) is 0 Å². The van der Waals surface area contributed by atoms with Crippen molar-refractivity contribution in [3.8, 4) is 0 Å². The van der Waals surface area contributed by atoms with Crippen LogP contribution < -0.4 is 0 Å². The molecule has 2 unspecified atom stereocenters. The van der Waals surface area contributed by atoms with Crippen LogP contribution in [0.25, 0.3) is 6.08 Å². The molecule has 0 radical (unpaired) electrons. The van der Waals surface area contributed by atoms with E-state index in [4.69, 9.17) is 0 Å². The second-order valence-electron chi connectivity index (χ2n) is 6.95. The molecule has 0 bridgehead atoms. The zero-order chi connectivity index (χ0) is 19.9. The van der Waals surface area contributed by atoms with Crippen molar-refractivity contribution in [1.29, 1.82) is 0 Å². The number of hydrogen-bond donors (Lipinski definition) is 2. The summed E-state index contributed by atoms with van der Waals surface area (Å²) in [5.41, 5.74) is 1.29. The van der Waals surface area contributed by atoms with E-state index in [1.807, 2.05) is 12.1 Å². The molecule has 152 valence electrons. The molecule has 0 aliphatic carbocycles. The fourth-order valence-corrected chi connectivity index (χ4v) is 2.88. The first-order valence-electron chi connectivity index (χ1n) is 10.1.